The Balaban J connectivity index is 1.22. The Labute approximate surface area is 209 Å². The average Bonchev–Trinajstić information content (AvgIpc) is 2.91. The van der Waals surface area contributed by atoms with Crippen molar-refractivity contribution >= 4 is 29.3 Å². The lowest BCUT2D eigenvalue weighted by atomic mass is 9.96. The molecular formula is C27H26ClN3O4. The van der Waals surface area contributed by atoms with Crippen LogP contribution in [0.1, 0.15) is 23.2 Å². The van der Waals surface area contributed by atoms with Gasteiger partial charge in [-0.2, -0.15) is 0 Å². The molecule has 3 amide bonds. The maximum atomic E-state index is 12.7. The van der Waals surface area contributed by atoms with Crippen molar-refractivity contribution in [1.82, 2.24) is 15.8 Å². The van der Waals surface area contributed by atoms with Gasteiger partial charge in [0.2, 0.25) is 5.91 Å². The zero-order valence-corrected chi connectivity index (χ0v) is 19.8. The van der Waals surface area contributed by atoms with Crippen LogP contribution in [0.25, 0.3) is 11.1 Å². The molecule has 8 heteroatoms. The van der Waals surface area contributed by atoms with Gasteiger partial charge in [-0.15, -0.1) is 0 Å². The highest BCUT2D eigenvalue weighted by Crippen LogP contribution is 2.22. The minimum Gasteiger partial charge on any atom is -0.484 e. The fourth-order valence-electron chi connectivity index (χ4n) is 3.94. The van der Waals surface area contributed by atoms with Crippen molar-refractivity contribution in [3.63, 3.8) is 0 Å². The predicted octanol–water partition coefficient (Wildman–Crippen LogP) is 4.09. The summed E-state index contributed by atoms with van der Waals surface area (Å²) in [6, 6.07) is 24.0. The van der Waals surface area contributed by atoms with Gasteiger partial charge in [0, 0.05) is 23.7 Å². The van der Waals surface area contributed by atoms with E-state index < -0.39 is 11.8 Å². The van der Waals surface area contributed by atoms with E-state index in [1.54, 1.807) is 41.3 Å². The zero-order valence-electron chi connectivity index (χ0n) is 19.1. The predicted molar refractivity (Wildman–Crippen MR) is 134 cm³/mol. The fraction of sp³-hybridized carbons (Fsp3) is 0.222. The number of hydrogen-bond donors (Lipinski definition) is 2. The van der Waals surface area contributed by atoms with Crippen molar-refractivity contribution in [2.24, 2.45) is 5.92 Å². The summed E-state index contributed by atoms with van der Waals surface area (Å²) < 4.78 is 5.52. The quantitative estimate of drug-likeness (QED) is 0.508. The standard InChI is InChI=1S/C27H26ClN3O4/c28-23-12-8-21(9-13-23)27(34)31-16-4-7-22(17-31)26(33)30-29-25(32)18-35-24-14-10-20(11-15-24)19-5-2-1-3-6-19/h1-3,5-6,8-15,22H,4,7,16-18H2,(H,29,32)(H,30,33)/t22-/m1/s1. The van der Waals surface area contributed by atoms with Crippen molar-refractivity contribution in [1.29, 1.82) is 0 Å². The van der Waals surface area contributed by atoms with Crippen LogP contribution < -0.4 is 15.6 Å². The van der Waals surface area contributed by atoms with Gasteiger partial charge in [-0.25, -0.2) is 0 Å². The largest absolute Gasteiger partial charge is 0.484 e. The molecule has 0 aromatic heterocycles. The van der Waals surface area contributed by atoms with Gasteiger partial charge in [0.1, 0.15) is 5.75 Å². The first-order valence-electron chi connectivity index (χ1n) is 11.4. The molecule has 0 saturated carbocycles. The number of carbonyl (C=O) groups excluding carboxylic acids is 3. The number of nitrogens with zero attached hydrogens (tertiary/aromatic N) is 1. The summed E-state index contributed by atoms with van der Waals surface area (Å²) in [5, 5.41) is 0.557. The van der Waals surface area contributed by atoms with E-state index in [1.807, 2.05) is 42.5 Å². The second kappa shape index (κ2) is 11.5. The molecular weight excluding hydrogens is 466 g/mol. The van der Waals surface area contributed by atoms with Crippen LogP contribution in [-0.2, 0) is 9.59 Å². The smallest absolute Gasteiger partial charge is 0.276 e. The molecule has 0 aliphatic carbocycles. The third-order valence-electron chi connectivity index (χ3n) is 5.83. The third kappa shape index (κ3) is 6.61. The highest BCUT2D eigenvalue weighted by molar-refractivity contribution is 6.30. The first-order chi connectivity index (χ1) is 17.0. The van der Waals surface area contributed by atoms with Crippen molar-refractivity contribution < 1.29 is 19.1 Å². The third-order valence-corrected chi connectivity index (χ3v) is 6.08. The number of carbonyl (C=O) groups is 3. The topological polar surface area (TPSA) is 87.7 Å². The molecule has 180 valence electrons. The van der Waals surface area contributed by atoms with E-state index >= 15 is 0 Å². The maximum absolute atomic E-state index is 12.7. The lowest BCUT2D eigenvalue weighted by Gasteiger charge is -2.32. The Morgan fingerprint density at radius 2 is 1.57 bits per heavy atom. The molecule has 1 aliphatic heterocycles. The zero-order chi connectivity index (χ0) is 24.6. The summed E-state index contributed by atoms with van der Waals surface area (Å²) in [6.45, 7) is 0.624. The molecule has 1 aliphatic rings. The van der Waals surface area contributed by atoms with Crippen LogP contribution in [-0.4, -0.2) is 42.3 Å². The molecule has 7 nitrogen and oxygen atoms in total. The van der Waals surface area contributed by atoms with Crippen molar-refractivity contribution in [3.05, 3.63) is 89.4 Å². The van der Waals surface area contributed by atoms with E-state index in [9.17, 15) is 14.4 Å². The van der Waals surface area contributed by atoms with Crippen molar-refractivity contribution in [3.8, 4) is 16.9 Å². The average molecular weight is 492 g/mol. The van der Waals surface area contributed by atoms with E-state index in [-0.39, 0.29) is 25.0 Å². The molecule has 0 spiro atoms. The fourth-order valence-corrected chi connectivity index (χ4v) is 4.07. The molecule has 1 atom stereocenters. The molecule has 3 aromatic carbocycles. The molecule has 2 N–H and O–H groups in total. The Morgan fingerprint density at radius 1 is 0.886 bits per heavy atom. The number of hydrazine groups is 1. The van der Waals surface area contributed by atoms with Crippen LogP contribution in [0.5, 0.6) is 5.75 Å². The second-order valence-electron chi connectivity index (χ2n) is 8.31. The molecule has 4 rings (SSSR count). The summed E-state index contributed by atoms with van der Waals surface area (Å²) in [5.74, 6) is -0.814. The maximum Gasteiger partial charge on any atom is 0.276 e. The van der Waals surface area contributed by atoms with Gasteiger partial charge < -0.3 is 9.64 Å². The first-order valence-corrected chi connectivity index (χ1v) is 11.8. The lowest BCUT2D eigenvalue weighted by Crippen LogP contribution is -2.50. The van der Waals surface area contributed by atoms with E-state index in [0.717, 1.165) is 11.1 Å². The minimum absolute atomic E-state index is 0.144. The van der Waals surface area contributed by atoms with E-state index in [0.29, 0.717) is 35.7 Å². The number of hydrogen-bond acceptors (Lipinski definition) is 4. The summed E-state index contributed by atoms with van der Waals surface area (Å²) in [5.41, 5.74) is 7.51. The highest BCUT2D eigenvalue weighted by Gasteiger charge is 2.29. The van der Waals surface area contributed by atoms with Gasteiger partial charge in [-0.1, -0.05) is 54.1 Å². The molecule has 0 radical (unpaired) electrons. The van der Waals surface area contributed by atoms with Gasteiger partial charge in [0.15, 0.2) is 6.61 Å². The monoisotopic (exact) mass is 491 g/mol. The Morgan fingerprint density at radius 3 is 2.29 bits per heavy atom. The van der Waals surface area contributed by atoms with Crippen LogP contribution in [0, 0.1) is 5.92 Å². The van der Waals surface area contributed by atoms with Crippen molar-refractivity contribution in [2.45, 2.75) is 12.8 Å². The SMILES string of the molecule is O=C(COc1ccc(-c2ccccc2)cc1)NNC(=O)[C@@H]1CCCN(C(=O)c2ccc(Cl)cc2)C1. The van der Waals surface area contributed by atoms with Gasteiger partial charge >= 0.3 is 0 Å². The van der Waals surface area contributed by atoms with E-state index in [2.05, 4.69) is 10.9 Å². The van der Waals surface area contributed by atoms with Gasteiger partial charge in [-0.05, 0) is 60.4 Å². The van der Waals surface area contributed by atoms with Gasteiger partial charge in [0.25, 0.3) is 11.8 Å². The molecule has 0 bridgehead atoms. The molecule has 1 fully saturated rings. The van der Waals surface area contributed by atoms with E-state index in [4.69, 9.17) is 16.3 Å². The molecule has 1 heterocycles. The lowest BCUT2D eigenvalue weighted by molar-refractivity contribution is -0.132. The van der Waals surface area contributed by atoms with Crippen molar-refractivity contribution in [2.75, 3.05) is 19.7 Å². The molecule has 0 unspecified atom stereocenters. The van der Waals surface area contributed by atoms with E-state index in [1.165, 1.54) is 0 Å². The van der Waals surface area contributed by atoms with Crippen LogP contribution in [0.2, 0.25) is 5.02 Å². The second-order valence-corrected chi connectivity index (χ2v) is 8.75. The van der Waals surface area contributed by atoms with Crippen LogP contribution >= 0.6 is 11.6 Å². The molecule has 3 aromatic rings. The Bertz CT molecular complexity index is 1170. The highest BCUT2D eigenvalue weighted by atomic mass is 35.5. The Hall–Kier alpha value is -3.84. The van der Waals surface area contributed by atoms with Crippen LogP contribution in [0.3, 0.4) is 0 Å². The van der Waals surface area contributed by atoms with Crippen LogP contribution in [0.4, 0.5) is 0 Å². The van der Waals surface area contributed by atoms with Gasteiger partial charge in [-0.3, -0.25) is 25.2 Å². The summed E-state index contributed by atoms with van der Waals surface area (Å²) >= 11 is 5.89. The van der Waals surface area contributed by atoms with Crippen LogP contribution in [0.15, 0.2) is 78.9 Å². The Kier molecular flexibility index (Phi) is 8.00. The number of benzene rings is 3. The number of amides is 3. The number of likely N-dealkylation sites (tertiary alicyclic amines) is 1. The summed E-state index contributed by atoms with van der Waals surface area (Å²) in [7, 11) is 0. The first kappa shape index (κ1) is 24.3. The number of piperidine rings is 1. The molecule has 35 heavy (non-hydrogen) atoms. The van der Waals surface area contributed by atoms with Gasteiger partial charge in [0.05, 0.1) is 5.92 Å². The normalized spacial score (nSPS) is 15.2. The number of halogens is 1. The summed E-state index contributed by atoms with van der Waals surface area (Å²) in [6.07, 6.45) is 1.34. The minimum atomic E-state index is -0.476. The summed E-state index contributed by atoms with van der Waals surface area (Å²) in [4.78, 5) is 39.1. The number of rotatable bonds is 6. The molecule has 1 saturated heterocycles. The number of nitrogens with one attached hydrogen (secondary N) is 2. The number of ether oxygens (including phenoxy) is 1.